The van der Waals surface area contributed by atoms with Gasteiger partial charge in [-0.3, -0.25) is 4.79 Å². The lowest BCUT2D eigenvalue weighted by atomic mass is 10.2. The number of hydrogen-bond donors (Lipinski definition) is 1. The van der Waals surface area contributed by atoms with Crippen LogP contribution in [0.15, 0.2) is 54.7 Å². The second kappa shape index (κ2) is 8.46. The van der Waals surface area contributed by atoms with Gasteiger partial charge in [-0.15, -0.1) is 11.3 Å². The van der Waals surface area contributed by atoms with Gasteiger partial charge in [0.25, 0.3) is 5.91 Å². The molecule has 30 heavy (non-hydrogen) atoms. The van der Waals surface area contributed by atoms with Crippen LogP contribution in [0, 0.1) is 6.92 Å². The zero-order chi connectivity index (χ0) is 21.1. The van der Waals surface area contributed by atoms with Gasteiger partial charge in [0.05, 0.1) is 40.9 Å². The monoisotopic (exact) mass is 420 g/mol. The Balaban J connectivity index is 1.44. The lowest BCUT2D eigenvalue weighted by Gasteiger charge is -2.07. The summed E-state index contributed by atoms with van der Waals surface area (Å²) in [5.41, 5.74) is 3.34. The van der Waals surface area contributed by atoms with Crippen LogP contribution in [0.2, 0.25) is 0 Å². The van der Waals surface area contributed by atoms with Crippen molar-refractivity contribution in [2.45, 2.75) is 20.4 Å². The third-order valence-corrected chi connectivity index (χ3v) is 5.65. The minimum Gasteiger partial charge on any atom is -0.462 e. The number of amides is 1. The first-order chi connectivity index (χ1) is 14.6. The number of rotatable bonds is 6. The van der Waals surface area contributed by atoms with Crippen LogP contribution in [0.4, 0.5) is 0 Å². The van der Waals surface area contributed by atoms with Crippen molar-refractivity contribution in [3.63, 3.8) is 0 Å². The van der Waals surface area contributed by atoms with E-state index in [1.807, 2.05) is 24.3 Å². The van der Waals surface area contributed by atoms with Crippen LogP contribution in [0.1, 0.15) is 38.3 Å². The third kappa shape index (κ3) is 3.95. The van der Waals surface area contributed by atoms with Gasteiger partial charge in [0.2, 0.25) is 0 Å². The lowest BCUT2D eigenvalue weighted by Crippen LogP contribution is -2.22. The highest BCUT2D eigenvalue weighted by Crippen LogP contribution is 2.21. The molecule has 0 spiro atoms. The minimum atomic E-state index is -0.396. The number of para-hydroxylation sites is 1. The molecule has 0 unspecified atom stereocenters. The summed E-state index contributed by atoms with van der Waals surface area (Å²) in [6.45, 7) is 4.25. The highest BCUT2D eigenvalue weighted by molar-refractivity contribution is 7.18. The van der Waals surface area contributed by atoms with E-state index < -0.39 is 5.97 Å². The molecule has 0 aliphatic rings. The first-order valence-electron chi connectivity index (χ1n) is 9.51. The Kier molecular flexibility index (Phi) is 5.58. The molecule has 2 aromatic heterocycles. The summed E-state index contributed by atoms with van der Waals surface area (Å²) in [4.78, 5) is 29.0. The average Bonchev–Trinajstić information content (AvgIpc) is 3.35. The van der Waals surface area contributed by atoms with Gasteiger partial charge >= 0.3 is 5.97 Å². The Morgan fingerprint density at radius 2 is 1.90 bits per heavy atom. The first kappa shape index (κ1) is 19.8. The predicted octanol–water partition coefficient (Wildman–Crippen LogP) is 3.90. The summed E-state index contributed by atoms with van der Waals surface area (Å²) in [5.74, 6) is -0.572. The van der Waals surface area contributed by atoms with Crippen molar-refractivity contribution < 1.29 is 14.3 Å². The molecule has 0 saturated carbocycles. The third-order valence-electron chi connectivity index (χ3n) is 4.62. The summed E-state index contributed by atoms with van der Waals surface area (Å²) in [5, 5.41) is 8.04. The number of aromatic nitrogens is 3. The van der Waals surface area contributed by atoms with Crippen LogP contribution < -0.4 is 5.32 Å². The molecule has 2 aromatic carbocycles. The van der Waals surface area contributed by atoms with Crippen molar-refractivity contribution >= 4 is 33.4 Å². The molecule has 4 rings (SSSR count). The van der Waals surface area contributed by atoms with E-state index in [2.05, 4.69) is 15.4 Å². The van der Waals surface area contributed by atoms with E-state index in [1.54, 1.807) is 54.1 Å². The van der Waals surface area contributed by atoms with Gasteiger partial charge in [-0.25, -0.2) is 14.5 Å². The van der Waals surface area contributed by atoms with Gasteiger partial charge < -0.3 is 10.1 Å². The summed E-state index contributed by atoms with van der Waals surface area (Å²) in [7, 11) is 0. The second-order valence-electron chi connectivity index (χ2n) is 6.58. The number of carbonyl (C=O) groups excluding carboxylic acids is 2. The van der Waals surface area contributed by atoms with Crippen molar-refractivity contribution in [1.29, 1.82) is 0 Å². The van der Waals surface area contributed by atoms with E-state index in [1.165, 1.54) is 6.20 Å². The van der Waals surface area contributed by atoms with Crippen LogP contribution in [-0.4, -0.2) is 33.2 Å². The van der Waals surface area contributed by atoms with Gasteiger partial charge in [0, 0.05) is 5.56 Å². The highest BCUT2D eigenvalue weighted by Gasteiger charge is 2.16. The van der Waals surface area contributed by atoms with Gasteiger partial charge in [0.15, 0.2) is 0 Å². The maximum atomic E-state index is 12.5. The Labute approximate surface area is 177 Å². The zero-order valence-electron chi connectivity index (χ0n) is 16.6. The number of nitrogens with one attached hydrogen (secondary N) is 1. The molecule has 0 atom stereocenters. The van der Waals surface area contributed by atoms with E-state index in [0.717, 1.165) is 20.9 Å². The van der Waals surface area contributed by atoms with Gasteiger partial charge in [-0.1, -0.05) is 12.1 Å². The quantitative estimate of drug-likeness (QED) is 0.478. The largest absolute Gasteiger partial charge is 0.462 e. The Morgan fingerprint density at radius 3 is 2.63 bits per heavy atom. The first-order valence-corrected chi connectivity index (χ1v) is 10.3. The Morgan fingerprint density at radius 1 is 1.13 bits per heavy atom. The lowest BCUT2D eigenvalue weighted by molar-refractivity contribution is 0.0525. The number of thiazole rings is 1. The van der Waals surface area contributed by atoms with Crippen LogP contribution >= 0.6 is 11.3 Å². The second-order valence-corrected chi connectivity index (χ2v) is 7.70. The number of fused-ring (bicyclic) bond motifs is 1. The van der Waals surface area contributed by atoms with Gasteiger partial charge in [0.1, 0.15) is 10.6 Å². The van der Waals surface area contributed by atoms with Crippen LogP contribution in [0.5, 0.6) is 0 Å². The molecule has 0 radical (unpaired) electrons. The maximum absolute atomic E-state index is 12.5. The fourth-order valence-corrected chi connectivity index (χ4v) is 3.99. The van der Waals surface area contributed by atoms with E-state index in [-0.39, 0.29) is 5.91 Å². The Bertz CT molecular complexity index is 1180. The number of ether oxygens (including phenoxy) is 1. The van der Waals surface area contributed by atoms with Crippen molar-refractivity contribution in [3.8, 4) is 5.69 Å². The summed E-state index contributed by atoms with van der Waals surface area (Å²) < 4.78 is 7.79. The minimum absolute atomic E-state index is 0.176. The molecule has 0 fully saturated rings. The highest BCUT2D eigenvalue weighted by atomic mass is 32.1. The molecule has 2 heterocycles. The van der Waals surface area contributed by atoms with E-state index in [9.17, 15) is 9.59 Å². The van der Waals surface area contributed by atoms with E-state index in [4.69, 9.17) is 4.74 Å². The fraction of sp³-hybridized carbons (Fsp3) is 0.182. The SMILES string of the molecule is CCOC(=O)c1cnn(-c2ccc(C(=O)NCc3nc4ccccc4s3)cc2)c1C. The summed E-state index contributed by atoms with van der Waals surface area (Å²) >= 11 is 1.57. The van der Waals surface area contributed by atoms with E-state index in [0.29, 0.717) is 30.0 Å². The molecule has 0 saturated heterocycles. The zero-order valence-corrected chi connectivity index (χ0v) is 17.4. The Hall–Kier alpha value is -3.52. The van der Waals surface area contributed by atoms with Crippen LogP contribution in [0.25, 0.3) is 15.9 Å². The predicted molar refractivity (Wildman–Crippen MR) is 115 cm³/mol. The molecule has 4 aromatic rings. The van der Waals surface area contributed by atoms with Crippen LogP contribution in [0.3, 0.4) is 0 Å². The molecular formula is C22H20N4O3S. The van der Waals surface area contributed by atoms with Crippen molar-refractivity contribution in [1.82, 2.24) is 20.1 Å². The van der Waals surface area contributed by atoms with Gasteiger partial charge in [-0.2, -0.15) is 5.10 Å². The number of esters is 1. The average molecular weight is 420 g/mol. The normalized spacial score (nSPS) is 10.9. The topological polar surface area (TPSA) is 86.1 Å². The molecule has 152 valence electrons. The molecule has 1 amide bonds. The summed E-state index contributed by atoms with van der Waals surface area (Å²) in [6.07, 6.45) is 1.49. The molecule has 1 N–H and O–H groups in total. The number of benzene rings is 2. The van der Waals surface area contributed by atoms with Gasteiger partial charge in [-0.05, 0) is 50.2 Å². The van der Waals surface area contributed by atoms with Crippen LogP contribution in [-0.2, 0) is 11.3 Å². The molecular weight excluding hydrogens is 400 g/mol. The van der Waals surface area contributed by atoms with Crippen molar-refractivity contribution in [2.24, 2.45) is 0 Å². The molecule has 0 aliphatic carbocycles. The maximum Gasteiger partial charge on any atom is 0.341 e. The summed E-state index contributed by atoms with van der Waals surface area (Å²) in [6, 6.07) is 14.9. The molecule has 0 bridgehead atoms. The molecule has 7 nitrogen and oxygen atoms in total. The fourth-order valence-electron chi connectivity index (χ4n) is 3.09. The number of carbonyl (C=O) groups is 2. The number of hydrogen-bond acceptors (Lipinski definition) is 6. The standard InChI is InChI=1S/C22H20N4O3S/c1-3-29-22(28)17-12-24-26(14(17)2)16-10-8-15(9-11-16)21(27)23-13-20-25-18-6-4-5-7-19(18)30-20/h4-12H,3,13H2,1-2H3,(H,23,27). The van der Waals surface area contributed by atoms with Crippen molar-refractivity contribution in [3.05, 3.63) is 76.6 Å². The smallest absolute Gasteiger partial charge is 0.341 e. The van der Waals surface area contributed by atoms with Crippen molar-refractivity contribution in [2.75, 3.05) is 6.61 Å². The molecule has 8 heteroatoms. The van der Waals surface area contributed by atoms with E-state index >= 15 is 0 Å². The number of nitrogens with zero attached hydrogens (tertiary/aromatic N) is 3. The molecule has 0 aliphatic heterocycles.